The summed E-state index contributed by atoms with van der Waals surface area (Å²) in [5.41, 5.74) is 5.64. The minimum absolute atomic E-state index is 0.0621. The van der Waals surface area contributed by atoms with Crippen LogP contribution in [0.1, 0.15) is 28.2 Å². The summed E-state index contributed by atoms with van der Waals surface area (Å²) in [6.45, 7) is 0.213. The first-order valence-electron chi connectivity index (χ1n) is 12.9. The van der Waals surface area contributed by atoms with E-state index in [1.807, 2.05) is 48.5 Å². The fourth-order valence-electron chi connectivity index (χ4n) is 5.03. The molecule has 0 bridgehead atoms. The molecule has 0 saturated heterocycles. The number of alkyl carbamates (subject to hydrolysis) is 1. The van der Waals surface area contributed by atoms with Crippen LogP contribution in [0.5, 0.6) is 11.5 Å². The van der Waals surface area contributed by atoms with E-state index in [1.54, 1.807) is 36.4 Å². The fraction of sp³-hybridized carbons (Fsp3) is 0.188. The van der Waals surface area contributed by atoms with Gasteiger partial charge in [0, 0.05) is 17.9 Å². The summed E-state index contributed by atoms with van der Waals surface area (Å²) >= 11 is 12.1. The molecular weight excluding hydrogens is 565 g/mol. The number of halogens is 2. The van der Waals surface area contributed by atoms with Crippen molar-refractivity contribution >= 4 is 35.3 Å². The molecule has 5 rings (SSSR count). The molecule has 1 atom stereocenters. The van der Waals surface area contributed by atoms with Crippen molar-refractivity contribution < 1.29 is 28.9 Å². The van der Waals surface area contributed by atoms with Gasteiger partial charge >= 0.3 is 12.1 Å². The van der Waals surface area contributed by atoms with E-state index in [1.165, 1.54) is 7.11 Å². The topological polar surface area (TPSA) is 94.1 Å². The molecule has 0 spiro atoms. The van der Waals surface area contributed by atoms with Crippen LogP contribution in [0.15, 0.2) is 84.9 Å². The SMILES string of the molecule is COc1cccc(CC(NC(=O)OCC2c3ccccc3-c3ccccc32)C(=O)O)c1OCc1ccc(Cl)c(Cl)c1. The number of benzene rings is 4. The second kappa shape index (κ2) is 12.5. The van der Waals surface area contributed by atoms with E-state index in [2.05, 4.69) is 5.32 Å². The Morgan fingerprint density at radius 3 is 2.22 bits per heavy atom. The number of carbonyl (C=O) groups excluding carboxylic acids is 1. The maximum atomic E-state index is 12.8. The molecule has 0 saturated carbocycles. The number of carbonyl (C=O) groups is 2. The van der Waals surface area contributed by atoms with E-state index in [0.717, 1.165) is 27.8 Å². The van der Waals surface area contributed by atoms with Crippen LogP contribution in [-0.2, 0) is 22.6 Å². The van der Waals surface area contributed by atoms with Crippen molar-refractivity contribution in [1.29, 1.82) is 0 Å². The number of carboxylic acid groups (broad SMARTS) is 1. The molecule has 41 heavy (non-hydrogen) atoms. The Morgan fingerprint density at radius 1 is 0.902 bits per heavy atom. The summed E-state index contributed by atoms with van der Waals surface area (Å²) in [7, 11) is 1.49. The van der Waals surface area contributed by atoms with Crippen LogP contribution in [0.2, 0.25) is 10.0 Å². The average molecular weight is 592 g/mol. The summed E-state index contributed by atoms with van der Waals surface area (Å²) < 4.78 is 17.1. The normalized spacial score (nSPS) is 12.7. The smallest absolute Gasteiger partial charge is 0.407 e. The second-order valence-corrected chi connectivity index (χ2v) is 10.4. The molecule has 210 valence electrons. The van der Waals surface area contributed by atoms with Gasteiger partial charge < -0.3 is 24.6 Å². The van der Waals surface area contributed by atoms with Crippen LogP contribution < -0.4 is 14.8 Å². The number of ether oxygens (including phenoxy) is 3. The Labute approximate surface area is 247 Å². The number of hydrogen-bond donors (Lipinski definition) is 2. The largest absolute Gasteiger partial charge is 0.493 e. The van der Waals surface area contributed by atoms with Gasteiger partial charge in [0.2, 0.25) is 0 Å². The van der Waals surface area contributed by atoms with Gasteiger partial charge in [-0.25, -0.2) is 9.59 Å². The second-order valence-electron chi connectivity index (χ2n) is 9.55. The van der Waals surface area contributed by atoms with Crippen molar-refractivity contribution in [2.24, 2.45) is 0 Å². The van der Waals surface area contributed by atoms with Gasteiger partial charge in [-0.05, 0) is 46.0 Å². The zero-order chi connectivity index (χ0) is 28.9. The van der Waals surface area contributed by atoms with Crippen molar-refractivity contribution in [2.45, 2.75) is 25.0 Å². The summed E-state index contributed by atoms with van der Waals surface area (Å²) in [6.07, 6.45) is -0.881. The highest BCUT2D eigenvalue weighted by Crippen LogP contribution is 2.44. The van der Waals surface area contributed by atoms with Crippen LogP contribution in [0.4, 0.5) is 4.79 Å². The number of hydrogen-bond acceptors (Lipinski definition) is 5. The lowest BCUT2D eigenvalue weighted by Crippen LogP contribution is -2.43. The Balaban J connectivity index is 1.28. The summed E-state index contributed by atoms with van der Waals surface area (Å²) in [4.78, 5) is 25.0. The molecule has 7 nitrogen and oxygen atoms in total. The molecule has 0 radical (unpaired) electrons. The minimum Gasteiger partial charge on any atom is -0.493 e. The highest BCUT2D eigenvalue weighted by atomic mass is 35.5. The number of amides is 1. The third kappa shape index (κ3) is 6.26. The van der Waals surface area contributed by atoms with E-state index < -0.39 is 18.1 Å². The molecule has 4 aromatic carbocycles. The van der Waals surface area contributed by atoms with Crippen LogP contribution in [0, 0.1) is 0 Å². The van der Waals surface area contributed by atoms with Gasteiger partial charge in [0.15, 0.2) is 11.5 Å². The predicted octanol–water partition coefficient (Wildman–Crippen LogP) is 7.12. The van der Waals surface area contributed by atoms with Gasteiger partial charge in [-0.3, -0.25) is 0 Å². The van der Waals surface area contributed by atoms with E-state index in [0.29, 0.717) is 27.1 Å². The molecule has 0 aliphatic heterocycles. The van der Waals surface area contributed by atoms with Crippen LogP contribution in [0.25, 0.3) is 11.1 Å². The minimum atomic E-state index is -1.27. The van der Waals surface area contributed by atoms with Crippen molar-refractivity contribution in [2.75, 3.05) is 13.7 Å². The maximum Gasteiger partial charge on any atom is 0.407 e. The molecule has 4 aromatic rings. The highest BCUT2D eigenvalue weighted by molar-refractivity contribution is 6.42. The predicted molar refractivity (Wildman–Crippen MR) is 157 cm³/mol. The average Bonchev–Trinajstić information content (AvgIpc) is 3.30. The standard InChI is InChI=1S/C32H27Cl2NO6/c1-39-29-12-6-7-20(30(29)40-17-19-13-14-26(33)27(34)15-19)16-28(31(36)37)35-32(38)41-18-25-23-10-4-2-8-21(23)22-9-3-5-11-24(22)25/h2-15,25,28H,16-18H2,1H3,(H,35,38)(H,36,37). The summed E-state index contributed by atoms with van der Waals surface area (Å²) in [6, 6.07) is 25.0. The third-order valence-electron chi connectivity index (χ3n) is 7.01. The zero-order valence-corrected chi connectivity index (χ0v) is 23.6. The van der Waals surface area contributed by atoms with Gasteiger partial charge in [-0.2, -0.15) is 0 Å². The van der Waals surface area contributed by atoms with E-state index in [9.17, 15) is 14.7 Å². The molecule has 2 N–H and O–H groups in total. The monoisotopic (exact) mass is 591 g/mol. The number of fused-ring (bicyclic) bond motifs is 3. The Bertz CT molecular complexity index is 1540. The zero-order valence-electron chi connectivity index (χ0n) is 22.1. The van der Waals surface area contributed by atoms with Gasteiger partial charge in [0.1, 0.15) is 19.3 Å². The summed E-state index contributed by atoms with van der Waals surface area (Å²) in [5.74, 6) is -0.567. The Hall–Kier alpha value is -4.20. The van der Waals surface area contributed by atoms with Gasteiger partial charge in [0.25, 0.3) is 0 Å². The molecule has 0 fully saturated rings. The van der Waals surface area contributed by atoms with Crippen molar-refractivity contribution in [3.05, 3.63) is 117 Å². The summed E-state index contributed by atoms with van der Waals surface area (Å²) in [5, 5.41) is 13.3. The van der Waals surface area contributed by atoms with E-state index >= 15 is 0 Å². The van der Waals surface area contributed by atoms with Crippen LogP contribution in [0.3, 0.4) is 0 Å². The number of aliphatic carboxylic acids is 1. The number of rotatable bonds is 10. The first-order valence-corrected chi connectivity index (χ1v) is 13.7. The lowest BCUT2D eigenvalue weighted by Gasteiger charge is -2.20. The molecular formula is C32H27Cl2NO6. The lowest BCUT2D eigenvalue weighted by molar-refractivity contribution is -0.139. The van der Waals surface area contributed by atoms with Crippen molar-refractivity contribution in [1.82, 2.24) is 5.32 Å². The van der Waals surface area contributed by atoms with E-state index in [4.69, 9.17) is 37.4 Å². The molecule has 0 heterocycles. The number of carboxylic acids is 1. The maximum absolute atomic E-state index is 12.8. The lowest BCUT2D eigenvalue weighted by atomic mass is 9.98. The Kier molecular flexibility index (Phi) is 8.67. The highest BCUT2D eigenvalue weighted by Gasteiger charge is 2.30. The molecule has 1 amide bonds. The molecule has 1 unspecified atom stereocenters. The number of nitrogens with one attached hydrogen (secondary N) is 1. The van der Waals surface area contributed by atoms with Crippen LogP contribution >= 0.6 is 23.2 Å². The fourth-order valence-corrected chi connectivity index (χ4v) is 5.35. The van der Waals surface area contributed by atoms with Crippen LogP contribution in [-0.4, -0.2) is 36.9 Å². The molecule has 1 aliphatic rings. The Morgan fingerprint density at radius 2 is 1.59 bits per heavy atom. The van der Waals surface area contributed by atoms with Gasteiger partial charge in [-0.1, -0.05) is 89.9 Å². The molecule has 1 aliphatic carbocycles. The van der Waals surface area contributed by atoms with Gasteiger partial charge in [0.05, 0.1) is 17.2 Å². The van der Waals surface area contributed by atoms with Crippen molar-refractivity contribution in [3.8, 4) is 22.6 Å². The first-order chi connectivity index (χ1) is 19.9. The quantitative estimate of drug-likeness (QED) is 0.204. The third-order valence-corrected chi connectivity index (χ3v) is 7.74. The van der Waals surface area contributed by atoms with Crippen molar-refractivity contribution in [3.63, 3.8) is 0 Å². The molecule has 0 aromatic heterocycles. The van der Waals surface area contributed by atoms with E-state index in [-0.39, 0.29) is 25.6 Å². The number of methoxy groups -OCH3 is 1. The number of para-hydroxylation sites is 1. The molecule has 9 heteroatoms. The first kappa shape index (κ1) is 28.3. The van der Waals surface area contributed by atoms with Gasteiger partial charge in [-0.15, -0.1) is 0 Å².